The summed E-state index contributed by atoms with van der Waals surface area (Å²) in [5.41, 5.74) is 0. The molecule has 2 aliphatic rings. The monoisotopic (exact) mass is 294 g/mol. The van der Waals surface area contributed by atoms with Gasteiger partial charge in [-0.3, -0.25) is 9.59 Å². The normalized spacial score (nSPS) is 27.5. The van der Waals surface area contributed by atoms with E-state index in [-0.39, 0.29) is 23.9 Å². The van der Waals surface area contributed by atoms with Gasteiger partial charge in [0.25, 0.3) is 0 Å². The average Bonchev–Trinajstić information content (AvgIpc) is 2.92. The first-order valence-electron chi connectivity index (χ1n) is 8.60. The summed E-state index contributed by atoms with van der Waals surface area (Å²) >= 11 is 0. The van der Waals surface area contributed by atoms with Crippen molar-refractivity contribution >= 4 is 11.8 Å². The number of hydrogen-bond acceptors (Lipinski definition) is 2. The molecule has 0 bridgehead atoms. The van der Waals surface area contributed by atoms with Crippen molar-refractivity contribution in [2.75, 3.05) is 6.54 Å². The number of hydrogen-bond donors (Lipinski definition) is 1. The molecular weight excluding hydrogens is 264 g/mol. The summed E-state index contributed by atoms with van der Waals surface area (Å²) in [6, 6.07) is -0.635. The molecule has 4 nitrogen and oxygen atoms in total. The Morgan fingerprint density at radius 3 is 2.52 bits per heavy atom. The predicted molar refractivity (Wildman–Crippen MR) is 83.8 cm³/mol. The van der Waals surface area contributed by atoms with E-state index in [1.165, 1.54) is 32.1 Å². The first kappa shape index (κ1) is 16.3. The summed E-state index contributed by atoms with van der Waals surface area (Å²) in [7, 11) is 0. The van der Waals surface area contributed by atoms with Crippen LogP contribution in [0.25, 0.3) is 0 Å². The second kappa shape index (κ2) is 7.28. The van der Waals surface area contributed by atoms with E-state index in [0.29, 0.717) is 5.92 Å². The lowest BCUT2D eigenvalue weighted by molar-refractivity contribution is -0.149. The van der Waals surface area contributed by atoms with Crippen LogP contribution in [0.3, 0.4) is 0 Å². The van der Waals surface area contributed by atoms with Crippen molar-refractivity contribution in [3.05, 3.63) is 0 Å². The fraction of sp³-hybridized carbons (Fsp3) is 0.882. The third kappa shape index (κ3) is 4.21. The molecule has 0 radical (unpaired) electrons. The van der Waals surface area contributed by atoms with Gasteiger partial charge in [0.05, 0.1) is 0 Å². The van der Waals surface area contributed by atoms with Gasteiger partial charge in [-0.1, -0.05) is 39.5 Å². The van der Waals surface area contributed by atoms with Crippen molar-refractivity contribution in [1.29, 1.82) is 0 Å². The van der Waals surface area contributed by atoms with E-state index in [1.54, 1.807) is 4.90 Å². The highest BCUT2D eigenvalue weighted by atomic mass is 16.2. The van der Waals surface area contributed by atoms with E-state index >= 15 is 0 Å². The lowest BCUT2D eigenvalue weighted by atomic mass is 9.97. The second-order valence-corrected chi connectivity index (χ2v) is 7.19. The molecule has 0 aromatic rings. The maximum absolute atomic E-state index is 12.6. The molecule has 1 heterocycles. The van der Waals surface area contributed by atoms with E-state index in [9.17, 15) is 9.59 Å². The Bertz CT molecular complexity index is 375. The first-order chi connectivity index (χ1) is 9.99. The van der Waals surface area contributed by atoms with Gasteiger partial charge in [0, 0.05) is 6.54 Å². The van der Waals surface area contributed by atoms with Crippen LogP contribution in [-0.2, 0) is 9.59 Å². The van der Waals surface area contributed by atoms with Crippen LogP contribution in [0.15, 0.2) is 0 Å². The van der Waals surface area contributed by atoms with Crippen molar-refractivity contribution in [3.8, 4) is 0 Å². The smallest absolute Gasteiger partial charge is 0.245 e. The molecule has 2 rings (SSSR count). The fourth-order valence-electron chi connectivity index (χ4n) is 3.67. The van der Waals surface area contributed by atoms with Crippen LogP contribution < -0.4 is 5.32 Å². The molecule has 2 fully saturated rings. The Morgan fingerprint density at radius 2 is 1.90 bits per heavy atom. The third-order valence-electron chi connectivity index (χ3n) is 4.94. The van der Waals surface area contributed by atoms with Gasteiger partial charge < -0.3 is 10.2 Å². The molecule has 1 aliphatic heterocycles. The van der Waals surface area contributed by atoms with Crippen molar-refractivity contribution in [2.45, 2.75) is 77.8 Å². The van der Waals surface area contributed by atoms with Gasteiger partial charge in [-0.15, -0.1) is 0 Å². The van der Waals surface area contributed by atoms with Crippen LogP contribution in [0.4, 0.5) is 0 Å². The Balaban J connectivity index is 1.88. The summed E-state index contributed by atoms with van der Waals surface area (Å²) in [5.74, 6) is 1.37. The molecule has 120 valence electrons. The first-order valence-corrected chi connectivity index (χ1v) is 8.60. The van der Waals surface area contributed by atoms with Crippen LogP contribution in [0, 0.1) is 11.8 Å². The molecule has 2 amide bonds. The summed E-state index contributed by atoms with van der Waals surface area (Å²) in [5, 5.41) is 2.88. The van der Waals surface area contributed by atoms with Crippen LogP contribution in [0.1, 0.15) is 65.7 Å². The minimum atomic E-state index is -0.319. The average molecular weight is 294 g/mol. The zero-order valence-corrected chi connectivity index (χ0v) is 13.7. The number of rotatable bonds is 6. The molecule has 0 aromatic heterocycles. The molecule has 2 unspecified atom stereocenters. The fourth-order valence-corrected chi connectivity index (χ4v) is 3.67. The summed E-state index contributed by atoms with van der Waals surface area (Å²) in [6.07, 6.45) is 8.39. The van der Waals surface area contributed by atoms with Gasteiger partial charge in [0.2, 0.25) is 11.8 Å². The third-order valence-corrected chi connectivity index (χ3v) is 4.94. The van der Waals surface area contributed by atoms with Gasteiger partial charge in [-0.25, -0.2) is 0 Å². The Labute approximate surface area is 128 Å². The molecule has 4 heteroatoms. The minimum absolute atomic E-state index is 0.00103. The zero-order chi connectivity index (χ0) is 15.4. The Kier molecular flexibility index (Phi) is 5.65. The van der Waals surface area contributed by atoms with Crippen LogP contribution in [0.5, 0.6) is 0 Å². The maximum atomic E-state index is 12.6. The molecule has 1 aliphatic carbocycles. The van der Waals surface area contributed by atoms with Gasteiger partial charge >= 0.3 is 0 Å². The quantitative estimate of drug-likeness (QED) is 0.819. The molecule has 1 N–H and O–H groups in total. The maximum Gasteiger partial charge on any atom is 0.245 e. The van der Waals surface area contributed by atoms with Crippen molar-refractivity contribution < 1.29 is 9.59 Å². The minimum Gasteiger partial charge on any atom is -0.343 e. The summed E-state index contributed by atoms with van der Waals surface area (Å²) in [4.78, 5) is 26.4. The number of nitrogens with zero attached hydrogens (tertiary/aromatic N) is 1. The van der Waals surface area contributed by atoms with Crippen LogP contribution in [0.2, 0.25) is 0 Å². The van der Waals surface area contributed by atoms with E-state index in [4.69, 9.17) is 0 Å². The van der Waals surface area contributed by atoms with Crippen molar-refractivity contribution in [3.63, 3.8) is 0 Å². The van der Waals surface area contributed by atoms with Gasteiger partial charge in [-0.05, 0) is 38.0 Å². The van der Waals surface area contributed by atoms with E-state index in [0.717, 1.165) is 25.3 Å². The standard InChI is InChI=1S/C17H30N2O2/c1-12(2)11-15-17(21)19(13(3)16(20)18-15)10-6-9-14-7-4-5-8-14/h12-15H,4-11H2,1-3H3,(H,18,20). The van der Waals surface area contributed by atoms with Crippen LogP contribution >= 0.6 is 0 Å². The van der Waals surface area contributed by atoms with Gasteiger partial charge in [0.15, 0.2) is 0 Å². The molecule has 0 spiro atoms. The van der Waals surface area contributed by atoms with Gasteiger partial charge in [-0.2, -0.15) is 0 Å². The lowest BCUT2D eigenvalue weighted by Crippen LogP contribution is -2.62. The second-order valence-electron chi connectivity index (χ2n) is 7.19. The van der Waals surface area contributed by atoms with Crippen molar-refractivity contribution in [2.24, 2.45) is 11.8 Å². The molecular formula is C17H30N2O2. The molecule has 1 saturated carbocycles. The largest absolute Gasteiger partial charge is 0.343 e. The highest BCUT2D eigenvalue weighted by molar-refractivity contribution is 5.96. The number of carbonyl (C=O) groups excluding carboxylic acids is 2. The molecule has 21 heavy (non-hydrogen) atoms. The summed E-state index contributed by atoms with van der Waals surface area (Å²) in [6.45, 7) is 6.75. The Hall–Kier alpha value is -1.06. The number of piperazine rings is 1. The van der Waals surface area contributed by atoms with Gasteiger partial charge in [0.1, 0.15) is 12.1 Å². The topological polar surface area (TPSA) is 49.4 Å². The number of carbonyl (C=O) groups is 2. The summed E-state index contributed by atoms with van der Waals surface area (Å²) < 4.78 is 0. The molecule has 2 atom stereocenters. The molecule has 1 saturated heterocycles. The lowest BCUT2D eigenvalue weighted by Gasteiger charge is -2.38. The zero-order valence-electron chi connectivity index (χ0n) is 13.7. The number of nitrogens with one attached hydrogen (secondary N) is 1. The van der Waals surface area contributed by atoms with Crippen molar-refractivity contribution in [1.82, 2.24) is 10.2 Å². The van der Waals surface area contributed by atoms with E-state index in [2.05, 4.69) is 19.2 Å². The predicted octanol–water partition coefficient (Wildman–Crippen LogP) is 2.72. The molecule has 0 aromatic carbocycles. The highest BCUT2D eigenvalue weighted by Gasteiger charge is 2.37. The van der Waals surface area contributed by atoms with E-state index < -0.39 is 0 Å². The van der Waals surface area contributed by atoms with E-state index in [1.807, 2.05) is 6.92 Å². The SMILES string of the molecule is CC(C)CC1NC(=O)C(C)N(CCCC2CCCC2)C1=O. The Morgan fingerprint density at radius 1 is 1.24 bits per heavy atom. The number of amides is 2. The van der Waals surface area contributed by atoms with Crippen LogP contribution in [-0.4, -0.2) is 35.3 Å². The highest BCUT2D eigenvalue weighted by Crippen LogP contribution is 2.28.